The maximum atomic E-state index is 4.59. The van der Waals surface area contributed by atoms with E-state index in [1.165, 1.54) is 28.0 Å². The zero-order valence-corrected chi connectivity index (χ0v) is 11.4. The van der Waals surface area contributed by atoms with Crippen LogP contribution >= 0.6 is 0 Å². The molecule has 0 saturated heterocycles. The van der Waals surface area contributed by atoms with Gasteiger partial charge in [0.2, 0.25) is 0 Å². The summed E-state index contributed by atoms with van der Waals surface area (Å²) in [5, 5.41) is 0. The van der Waals surface area contributed by atoms with Crippen molar-refractivity contribution in [2.45, 2.75) is 25.2 Å². The van der Waals surface area contributed by atoms with Crippen LogP contribution in [0.25, 0.3) is 5.57 Å². The smallest absolute Gasteiger partial charge is 0.0733 e. The van der Waals surface area contributed by atoms with Crippen molar-refractivity contribution >= 4 is 5.57 Å². The normalized spacial score (nSPS) is 20.5. The minimum atomic E-state index is 0.528. The third-order valence-corrected chi connectivity index (χ3v) is 4.36. The summed E-state index contributed by atoms with van der Waals surface area (Å²) in [5.74, 6) is 0.528. The van der Waals surface area contributed by atoms with Gasteiger partial charge in [-0.3, -0.25) is 4.98 Å². The van der Waals surface area contributed by atoms with E-state index in [0.29, 0.717) is 5.92 Å². The van der Waals surface area contributed by atoms with Crippen molar-refractivity contribution in [3.05, 3.63) is 83.2 Å². The maximum Gasteiger partial charge on any atom is 0.0733 e. The average molecular weight is 259 g/mol. The molecular weight excluding hydrogens is 242 g/mol. The Morgan fingerprint density at radius 1 is 0.950 bits per heavy atom. The molecule has 2 aromatic rings. The van der Waals surface area contributed by atoms with Crippen molar-refractivity contribution in [3.8, 4) is 0 Å². The third kappa shape index (κ3) is 1.90. The van der Waals surface area contributed by atoms with Crippen LogP contribution in [0.1, 0.15) is 35.6 Å². The third-order valence-electron chi connectivity index (χ3n) is 4.36. The Morgan fingerprint density at radius 2 is 1.85 bits per heavy atom. The zero-order valence-electron chi connectivity index (χ0n) is 11.4. The van der Waals surface area contributed by atoms with Gasteiger partial charge in [0.05, 0.1) is 5.69 Å². The molecule has 98 valence electrons. The molecule has 1 nitrogen and oxygen atoms in total. The van der Waals surface area contributed by atoms with Crippen LogP contribution in [0.5, 0.6) is 0 Å². The molecule has 0 amide bonds. The number of hydrogen-bond donors (Lipinski definition) is 0. The molecule has 1 aromatic heterocycles. The number of allylic oxidation sites excluding steroid dienone is 4. The number of nitrogens with zero attached hydrogens (tertiary/aromatic N) is 1. The molecule has 1 heterocycles. The van der Waals surface area contributed by atoms with Crippen molar-refractivity contribution < 1.29 is 0 Å². The van der Waals surface area contributed by atoms with Crippen LogP contribution in [-0.4, -0.2) is 4.98 Å². The zero-order chi connectivity index (χ0) is 13.4. The van der Waals surface area contributed by atoms with E-state index >= 15 is 0 Å². The molecule has 0 fully saturated rings. The van der Waals surface area contributed by atoms with Crippen molar-refractivity contribution in [1.82, 2.24) is 4.98 Å². The first-order valence-electron chi connectivity index (χ1n) is 7.32. The highest BCUT2D eigenvalue weighted by Gasteiger charge is 2.24. The Bertz CT molecular complexity index is 695. The molecule has 1 unspecified atom stereocenters. The largest absolute Gasteiger partial charge is 0.256 e. The molecule has 1 aromatic carbocycles. The van der Waals surface area contributed by atoms with E-state index in [9.17, 15) is 0 Å². The number of rotatable bonds is 1. The molecule has 0 saturated carbocycles. The van der Waals surface area contributed by atoms with Gasteiger partial charge < -0.3 is 0 Å². The van der Waals surface area contributed by atoms with Crippen LogP contribution in [0.15, 0.2) is 66.4 Å². The van der Waals surface area contributed by atoms with E-state index in [-0.39, 0.29) is 0 Å². The van der Waals surface area contributed by atoms with Gasteiger partial charge in [-0.1, -0.05) is 48.6 Å². The Labute approximate surface area is 119 Å². The monoisotopic (exact) mass is 259 g/mol. The molecule has 1 heteroatoms. The van der Waals surface area contributed by atoms with E-state index < -0.39 is 0 Å². The summed E-state index contributed by atoms with van der Waals surface area (Å²) < 4.78 is 0. The highest BCUT2D eigenvalue weighted by Crippen LogP contribution is 2.40. The Kier molecular flexibility index (Phi) is 2.77. The van der Waals surface area contributed by atoms with Crippen LogP contribution in [0, 0.1) is 0 Å². The summed E-state index contributed by atoms with van der Waals surface area (Å²) in [7, 11) is 0. The van der Waals surface area contributed by atoms with Gasteiger partial charge >= 0.3 is 0 Å². The standard InChI is InChI=1S/C19H17N/c1-2-5-14(6-3-1)16-10-11-18-17(13-16)9-8-15-7-4-12-20-19(15)18/h1-7,11-13,16H,8-10H2. The summed E-state index contributed by atoms with van der Waals surface area (Å²) in [6.07, 6.45) is 10.1. The molecular formula is C19H17N. The fourth-order valence-corrected chi connectivity index (χ4v) is 3.33. The lowest BCUT2D eigenvalue weighted by Gasteiger charge is -2.27. The van der Waals surface area contributed by atoms with Gasteiger partial charge in [0, 0.05) is 12.1 Å². The van der Waals surface area contributed by atoms with E-state index in [2.05, 4.69) is 53.5 Å². The van der Waals surface area contributed by atoms with Gasteiger partial charge in [0.25, 0.3) is 0 Å². The summed E-state index contributed by atoms with van der Waals surface area (Å²) in [6.45, 7) is 0. The second kappa shape index (κ2) is 4.75. The second-order valence-corrected chi connectivity index (χ2v) is 5.57. The summed E-state index contributed by atoms with van der Waals surface area (Å²) in [6, 6.07) is 15.1. The number of pyridine rings is 1. The SMILES string of the molecule is C1=C2CCc3cccnc3C2=CCC1c1ccccc1. The molecule has 0 spiro atoms. The summed E-state index contributed by atoms with van der Waals surface area (Å²) in [5.41, 5.74) is 6.88. The Hall–Kier alpha value is -2.15. The molecule has 0 radical (unpaired) electrons. The lowest BCUT2D eigenvalue weighted by atomic mass is 9.79. The predicted molar refractivity (Wildman–Crippen MR) is 82.4 cm³/mol. The second-order valence-electron chi connectivity index (χ2n) is 5.57. The van der Waals surface area contributed by atoms with Gasteiger partial charge in [-0.15, -0.1) is 0 Å². The molecule has 1 atom stereocenters. The number of aromatic nitrogens is 1. The van der Waals surface area contributed by atoms with Gasteiger partial charge in [0.15, 0.2) is 0 Å². The summed E-state index contributed by atoms with van der Waals surface area (Å²) in [4.78, 5) is 4.59. The first-order chi connectivity index (χ1) is 9.92. The minimum absolute atomic E-state index is 0.528. The van der Waals surface area contributed by atoms with Gasteiger partial charge in [-0.2, -0.15) is 0 Å². The maximum absolute atomic E-state index is 4.59. The van der Waals surface area contributed by atoms with E-state index in [0.717, 1.165) is 19.3 Å². The lowest BCUT2D eigenvalue weighted by Crippen LogP contribution is -2.11. The van der Waals surface area contributed by atoms with E-state index in [1.807, 2.05) is 12.3 Å². The Morgan fingerprint density at radius 3 is 2.75 bits per heavy atom. The van der Waals surface area contributed by atoms with Gasteiger partial charge in [0.1, 0.15) is 0 Å². The van der Waals surface area contributed by atoms with Gasteiger partial charge in [-0.05, 0) is 47.6 Å². The molecule has 2 aliphatic carbocycles. The Balaban J connectivity index is 1.71. The van der Waals surface area contributed by atoms with E-state index in [4.69, 9.17) is 0 Å². The first-order valence-corrected chi connectivity index (χ1v) is 7.32. The van der Waals surface area contributed by atoms with Crippen molar-refractivity contribution in [1.29, 1.82) is 0 Å². The molecule has 0 aliphatic heterocycles. The number of aryl methyl sites for hydroxylation is 1. The molecule has 0 bridgehead atoms. The minimum Gasteiger partial charge on any atom is -0.256 e. The summed E-state index contributed by atoms with van der Waals surface area (Å²) >= 11 is 0. The van der Waals surface area contributed by atoms with Crippen LogP contribution in [0.2, 0.25) is 0 Å². The average Bonchev–Trinajstić information content (AvgIpc) is 2.55. The van der Waals surface area contributed by atoms with Crippen LogP contribution in [-0.2, 0) is 6.42 Å². The molecule has 20 heavy (non-hydrogen) atoms. The number of fused-ring (bicyclic) bond motifs is 3. The van der Waals surface area contributed by atoms with Crippen molar-refractivity contribution in [2.24, 2.45) is 0 Å². The topological polar surface area (TPSA) is 12.9 Å². The van der Waals surface area contributed by atoms with Crippen LogP contribution < -0.4 is 0 Å². The lowest BCUT2D eigenvalue weighted by molar-refractivity contribution is 0.812. The quantitative estimate of drug-likeness (QED) is 0.733. The number of hydrogen-bond acceptors (Lipinski definition) is 1. The first kappa shape index (κ1) is 11.7. The van der Waals surface area contributed by atoms with Gasteiger partial charge in [-0.25, -0.2) is 0 Å². The van der Waals surface area contributed by atoms with Crippen LogP contribution in [0.4, 0.5) is 0 Å². The molecule has 0 N–H and O–H groups in total. The van der Waals surface area contributed by atoms with Crippen LogP contribution in [0.3, 0.4) is 0 Å². The fourth-order valence-electron chi connectivity index (χ4n) is 3.33. The van der Waals surface area contributed by atoms with E-state index in [1.54, 1.807) is 0 Å². The van der Waals surface area contributed by atoms with Crippen molar-refractivity contribution in [2.75, 3.05) is 0 Å². The highest BCUT2D eigenvalue weighted by molar-refractivity contribution is 5.81. The predicted octanol–water partition coefficient (Wildman–Crippen LogP) is 4.53. The fraction of sp³-hybridized carbons (Fsp3) is 0.211. The highest BCUT2D eigenvalue weighted by atomic mass is 14.7. The molecule has 2 aliphatic rings. The molecule has 4 rings (SSSR count). The number of benzene rings is 1. The van der Waals surface area contributed by atoms with Crippen molar-refractivity contribution in [3.63, 3.8) is 0 Å².